The highest BCUT2D eigenvalue weighted by molar-refractivity contribution is 5.90. The number of aliphatic hydroxyl groups is 1. The van der Waals surface area contributed by atoms with Crippen LogP contribution in [-0.2, 0) is 25.4 Å². The van der Waals surface area contributed by atoms with E-state index in [0.29, 0.717) is 27.8 Å². The third-order valence-electron chi connectivity index (χ3n) is 8.01. The molecule has 0 amide bonds. The van der Waals surface area contributed by atoms with Gasteiger partial charge in [-0.2, -0.15) is 0 Å². The second-order valence-electron chi connectivity index (χ2n) is 11.2. The second-order valence-corrected chi connectivity index (χ2v) is 11.2. The summed E-state index contributed by atoms with van der Waals surface area (Å²) in [6.07, 6.45) is -2.01. The summed E-state index contributed by atoms with van der Waals surface area (Å²) in [5.74, 6) is -1.66. The molecule has 0 unspecified atom stereocenters. The highest BCUT2D eigenvalue weighted by Gasteiger charge is 2.63. The van der Waals surface area contributed by atoms with Crippen molar-refractivity contribution in [2.75, 3.05) is 0 Å². The average molecular weight is 571 g/mol. The molecule has 1 N–H and O–H groups in total. The number of benzene rings is 5. The molecule has 43 heavy (non-hydrogen) atoms. The Bertz CT molecular complexity index is 1560. The van der Waals surface area contributed by atoms with Gasteiger partial charge in [-0.3, -0.25) is 0 Å². The maximum Gasteiger partial charge on any atom is 0.339 e. The van der Waals surface area contributed by atoms with Crippen LogP contribution in [0.25, 0.3) is 0 Å². The predicted octanol–water partition coefficient (Wildman–Crippen LogP) is 7.24. The van der Waals surface area contributed by atoms with Gasteiger partial charge >= 0.3 is 5.97 Å². The Balaban J connectivity index is 1.64. The van der Waals surface area contributed by atoms with Crippen LogP contribution in [-0.4, -0.2) is 29.1 Å². The van der Waals surface area contributed by atoms with E-state index in [9.17, 15) is 9.90 Å². The monoisotopic (exact) mass is 570 g/mol. The lowest BCUT2D eigenvalue weighted by atomic mass is 9.72. The second kappa shape index (κ2) is 11.6. The molecule has 5 aromatic carbocycles. The van der Waals surface area contributed by atoms with Crippen molar-refractivity contribution >= 4 is 5.97 Å². The van der Waals surface area contributed by atoms with Crippen molar-refractivity contribution in [2.45, 2.75) is 43.0 Å². The molecule has 5 aromatic rings. The third-order valence-corrected chi connectivity index (χ3v) is 8.01. The van der Waals surface area contributed by atoms with Crippen molar-refractivity contribution in [3.05, 3.63) is 179 Å². The van der Waals surface area contributed by atoms with Gasteiger partial charge in [0.2, 0.25) is 0 Å². The average Bonchev–Trinajstić information content (AvgIpc) is 3.41. The summed E-state index contributed by atoms with van der Waals surface area (Å²) in [6, 6.07) is 46.9. The van der Waals surface area contributed by atoms with Crippen LogP contribution < -0.4 is 0 Å². The first-order chi connectivity index (χ1) is 20.8. The summed E-state index contributed by atoms with van der Waals surface area (Å²) in [4.78, 5) is 14.0. The molecule has 2 atom stereocenters. The number of hydrogen-bond acceptors (Lipinski definition) is 5. The fourth-order valence-electron chi connectivity index (χ4n) is 6.07. The Morgan fingerprint density at radius 2 is 0.930 bits per heavy atom. The minimum Gasteiger partial charge on any atom is -0.443 e. The smallest absolute Gasteiger partial charge is 0.339 e. The van der Waals surface area contributed by atoms with E-state index >= 15 is 0 Å². The van der Waals surface area contributed by atoms with E-state index in [1.54, 1.807) is 24.3 Å². The number of ether oxygens (including phenoxy) is 3. The predicted molar refractivity (Wildman–Crippen MR) is 165 cm³/mol. The maximum atomic E-state index is 14.0. The van der Waals surface area contributed by atoms with Crippen molar-refractivity contribution in [3.8, 4) is 0 Å². The molecule has 1 saturated heterocycles. The van der Waals surface area contributed by atoms with Crippen molar-refractivity contribution < 1.29 is 24.1 Å². The van der Waals surface area contributed by atoms with Crippen LogP contribution in [0.3, 0.4) is 0 Å². The van der Waals surface area contributed by atoms with Crippen LogP contribution >= 0.6 is 0 Å². The van der Waals surface area contributed by atoms with Crippen LogP contribution in [0.4, 0.5) is 0 Å². The largest absolute Gasteiger partial charge is 0.443 e. The van der Waals surface area contributed by atoms with Crippen LogP contribution in [0, 0.1) is 0 Å². The van der Waals surface area contributed by atoms with E-state index in [1.165, 1.54) is 0 Å². The zero-order chi connectivity index (χ0) is 29.9. The van der Waals surface area contributed by atoms with E-state index in [-0.39, 0.29) is 0 Å². The Kier molecular flexibility index (Phi) is 7.72. The molecule has 1 fully saturated rings. The summed E-state index contributed by atoms with van der Waals surface area (Å²) in [5.41, 5.74) is -0.186. The van der Waals surface area contributed by atoms with Crippen molar-refractivity contribution in [1.29, 1.82) is 0 Å². The molecule has 5 nitrogen and oxygen atoms in total. The lowest BCUT2D eigenvalue weighted by Gasteiger charge is -2.44. The van der Waals surface area contributed by atoms with E-state index in [0.717, 1.165) is 0 Å². The van der Waals surface area contributed by atoms with E-state index in [1.807, 2.05) is 141 Å². The van der Waals surface area contributed by atoms with E-state index in [4.69, 9.17) is 14.2 Å². The van der Waals surface area contributed by atoms with Crippen molar-refractivity contribution in [2.24, 2.45) is 0 Å². The number of carbonyl (C=O) groups is 1. The maximum absolute atomic E-state index is 14.0. The molecule has 1 aliphatic rings. The van der Waals surface area contributed by atoms with Gasteiger partial charge in [0, 0.05) is 11.1 Å². The molecule has 0 saturated carbocycles. The summed E-state index contributed by atoms with van der Waals surface area (Å²) in [5, 5.41) is 13.0. The van der Waals surface area contributed by atoms with Crippen molar-refractivity contribution in [3.63, 3.8) is 0 Å². The topological polar surface area (TPSA) is 65.0 Å². The quantitative estimate of drug-likeness (QED) is 0.199. The first-order valence-corrected chi connectivity index (χ1v) is 14.4. The van der Waals surface area contributed by atoms with E-state index in [2.05, 4.69) is 0 Å². The van der Waals surface area contributed by atoms with Gasteiger partial charge in [-0.1, -0.05) is 140 Å². The lowest BCUT2D eigenvalue weighted by molar-refractivity contribution is -0.172. The van der Waals surface area contributed by atoms with Gasteiger partial charge in [-0.15, -0.1) is 0 Å². The van der Waals surface area contributed by atoms with Gasteiger partial charge in [0.25, 0.3) is 0 Å². The van der Waals surface area contributed by atoms with Crippen molar-refractivity contribution in [1.82, 2.24) is 0 Å². The molecule has 1 aliphatic heterocycles. The highest BCUT2D eigenvalue weighted by atomic mass is 16.8. The minimum atomic E-state index is -1.69. The molecule has 0 spiro atoms. The molecular weight excluding hydrogens is 536 g/mol. The van der Waals surface area contributed by atoms with Gasteiger partial charge in [0.1, 0.15) is 17.8 Å². The Morgan fingerprint density at radius 3 is 1.35 bits per heavy atom. The Labute approximate surface area is 252 Å². The molecule has 216 valence electrons. The minimum absolute atomic E-state index is 0.398. The standard InChI is InChI=1S/C38H34O5/c1-36(2)41-33(37(40,29-20-10-4-11-21-29)30-22-12-5-13-23-30)34(42-36)38(31-24-14-6-15-25-31,32-26-16-7-17-27-32)43-35(39)28-18-8-3-9-19-28/h3-27,33-34,40H,1-2H3/t33-,34-/m1/s1. The summed E-state index contributed by atoms with van der Waals surface area (Å²) < 4.78 is 20.2. The van der Waals surface area contributed by atoms with Gasteiger partial charge in [0.05, 0.1) is 5.56 Å². The molecule has 1 heterocycles. The SMILES string of the molecule is CC1(C)O[C@@H](C(O)(c2ccccc2)c2ccccc2)[C@H](C(OC(=O)c2ccccc2)(c2ccccc2)c2ccccc2)O1. The number of hydrogen-bond donors (Lipinski definition) is 1. The molecule has 0 bridgehead atoms. The Hall–Kier alpha value is -4.55. The fraction of sp³-hybridized carbons (Fsp3) is 0.184. The summed E-state index contributed by atoms with van der Waals surface area (Å²) >= 11 is 0. The van der Waals surface area contributed by atoms with Gasteiger partial charge in [0.15, 0.2) is 11.4 Å². The first kappa shape index (κ1) is 28.6. The van der Waals surface area contributed by atoms with E-state index < -0.39 is 35.2 Å². The highest BCUT2D eigenvalue weighted by Crippen LogP contribution is 2.52. The molecule has 6 rings (SSSR count). The van der Waals surface area contributed by atoms with Gasteiger partial charge in [-0.05, 0) is 37.1 Å². The third kappa shape index (κ3) is 5.28. The summed E-state index contributed by atoms with van der Waals surface area (Å²) in [7, 11) is 0. The summed E-state index contributed by atoms with van der Waals surface area (Å²) in [6.45, 7) is 3.63. The molecule has 5 heteroatoms. The molecular formula is C38H34O5. The fourth-order valence-corrected chi connectivity index (χ4v) is 6.07. The lowest BCUT2D eigenvalue weighted by Crippen LogP contribution is -2.56. The Morgan fingerprint density at radius 1 is 0.581 bits per heavy atom. The van der Waals surface area contributed by atoms with Crippen LogP contribution in [0.5, 0.6) is 0 Å². The van der Waals surface area contributed by atoms with Crippen LogP contribution in [0.1, 0.15) is 46.5 Å². The number of esters is 1. The first-order valence-electron chi connectivity index (χ1n) is 14.4. The van der Waals surface area contributed by atoms with Gasteiger partial charge < -0.3 is 19.3 Å². The number of carbonyl (C=O) groups excluding carboxylic acids is 1. The van der Waals surface area contributed by atoms with Crippen LogP contribution in [0.15, 0.2) is 152 Å². The zero-order valence-corrected chi connectivity index (χ0v) is 24.2. The molecule has 0 aromatic heterocycles. The number of rotatable bonds is 8. The normalized spacial score (nSPS) is 18.2. The zero-order valence-electron chi connectivity index (χ0n) is 24.2. The van der Waals surface area contributed by atoms with Gasteiger partial charge in [-0.25, -0.2) is 4.79 Å². The van der Waals surface area contributed by atoms with Crippen LogP contribution in [0.2, 0.25) is 0 Å². The molecule has 0 aliphatic carbocycles. The molecule has 0 radical (unpaired) electrons.